The van der Waals surface area contributed by atoms with E-state index in [1.165, 1.54) is 0 Å². The number of nitrogens with zero attached hydrogens (tertiary/aromatic N) is 2. The fourth-order valence-corrected chi connectivity index (χ4v) is 3.98. The van der Waals surface area contributed by atoms with Crippen LogP contribution >= 0.6 is 15.9 Å². The number of rotatable bonds is 4. The highest BCUT2D eigenvalue weighted by Gasteiger charge is 2.14. The third-order valence-corrected chi connectivity index (χ3v) is 5.87. The molecule has 0 aliphatic heterocycles. The Kier molecular flexibility index (Phi) is 5.29. The maximum Gasteiger partial charge on any atom is 0.272 e. The van der Waals surface area contributed by atoms with Gasteiger partial charge in [0, 0.05) is 38.1 Å². The Balaban J connectivity index is 1.50. The fourth-order valence-electron chi connectivity index (χ4n) is 3.72. The molecule has 0 unspecified atom stereocenters. The van der Waals surface area contributed by atoms with Crippen LogP contribution in [0, 0.1) is 6.92 Å². The van der Waals surface area contributed by atoms with Gasteiger partial charge in [-0.3, -0.25) is 4.79 Å². The van der Waals surface area contributed by atoms with E-state index in [0.717, 1.165) is 48.7 Å². The largest absolute Gasteiger partial charge is 0.361 e. The van der Waals surface area contributed by atoms with Crippen LogP contribution in [-0.4, -0.2) is 22.1 Å². The Morgan fingerprint density at radius 1 is 1.03 bits per heavy atom. The van der Waals surface area contributed by atoms with E-state index in [4.69, 9.17) is 4.98 Å². The van der Waals surface area contributed by atoms with Crippen LogP contribution in [0.25, 0.3) is 33.1 Å². The smallest absolute Gasteiger partial charge is 0.272 e. The maximum atomic E-state index is 13.1. The molecule has 3 aromatic carbocycles. The van der Waals surface area contributed by atoms with Gasteiger partial charge in [-0.2, -0.15) is 5.10 Å². The topological polar surface area (TPSA) is 70.1 Å². The highest BCUT2D eigenvalue weighted by molar-refractivity contribution is 9.10. The normalized spacial score (nSPS) is 11.4. The molecular formula is C26H19BrN4O. The van der Waals surface area contributed by atoms with E-state index in [1.807, 2.05) is 85.9 Å². The lowest BCUT2D eigenvalue weighted by atomic mass is 10.0. The Morgan fingerprint density at radius 3 is 2.69 bits per heavy atom. The summed E-state index contributed by atoms with van der Waals surface area (Å²) in [5, 5.41) is 6.06. The minimum atomic E-state index is -0.280. The number of H-pyrrole nitrogens is 1. The lowest BCUT2D eigenvalue weighted by Crippen LogP contribution is -2.18. The standard InChI is InChI=1S/C26H19BrN4O/c1-16-6-11-24-21(12-16)22(13-25(30-24)17-7-9-19(27)10-8-17)26(32)31-29-15-18-14-28-23-5-3-2-4-20(18)23/h2-15,28H,1H3,(H,31,32). The first-order valence-electron chi connectivity index (χ1n) is 10.2. The van der Waals surface area contributed by atoms with Crippen molar-refractivity contribution in [3.8, 4) is 11.3 Å². The molecule has 5 nitrogen and oxygen atoms in total. The molecule has 5 rings (SSSR count). The summed E-state index contributed by atoms with van der Waals surface area (Å²) < 4.78 is 0.988. The predicted molar refractivity (Wildman–Crippen MR) is 133 cm³/mol. The molecule has 1 amide bonds. The first-order valence-corrected chi connectivity index (χ1v) is 10.9. The lowest BCUT2D eigenvalue weighted by molar-refractivity contribution is 0.0956. The van der Waals surface area contributed by atoms with E-state index in [1.54, 1.807) is 6.21 Å². The Morgan fingerprint density at radius 2 is 1.84 bits per heavy atom. The molecule has 0 radical (unpaired) electrons. The molecule has 0 bridgehead atoms. The van der Waals surface area contributed by atoms with Gasteiger partial charge in [0.25, 0.3) is 5.91 Å². The van der Waals surface area contributed by atoms with E-state index in [-0.39, 0.29) is 5.91 Å². The number of hydrogen-bond acceptors (Lipinski definition) is 3. The molecule has 0 saturated heterocycles. The van der Waals surface area contributed by atoms with Crippen LogP contribution in [-0.2, 0) is 0 Å². The monoisotopic (exact) mass is 482 g/mol. The number of nitrogens with one attached hydrogen (secondary N) is 2. The number of para-hydroxylation sites is 1. The minimum absolute atomic E-state index is 0.280. The van der Waals surface area contributed by atoms with Crippen LogP contribution < -0.4 is 5.43 Å². The van der Waals surface area contributed by atoms with E-state index in [2.05, 4.69) is 31.4 Å². The van der Waals surface area contributed by atoms with Crippen molar-refractivity contribution < 1.29 is 4.79 Å². The molecule has 0 spiro atoms. The second kappa shape index (κ2) is 8.40. The van der Waals surface area contributed by atoms with Gasteiger partial charge < -0.3 is 4.98 Å². The van der Waals surface area contributed by atoms with E-state index in [0.29, 0.717) is 5.56 Å². The molecule has 0 aliphatic rings. The van der Waals surface area contributed by atoms with Crippen molar-refractivity contribution in [2.24, 2.45) is 5.10 Å². The third-order valence-electron chi connectivity index (χ3n) is 5.34. The molecule has 5 aromatic rings. The van der Waals surface area contributed by atoms with Gasteiger partial charge in [0.1, 0.15) is 0 Å². The number of aromatic nitrogens is 2. The third kappa shape index (κ3) is 3.92. The van der Waals surface area contributed by atoms with Crippen LogP contribution in [0.15, 0.2) is 88.6 Å². The van der Waals surface area contributed by atoms with Crippen LogP contribution in [0.3, 0.4) is 0 Å². The molecule has 2 heterocycles. The summed E-state index contributed by atoms with van der Waals surface area (Å²) in [5.41, 5.74) is 8.65. The van der Waals surface area contributed by atoms with Crippen molar-refractivity contribution in [2.45, 2.75) is 6.92 Å². The molecule has 0 fully saturated rings. The first kappa shape index (κ1) is 20.2. The second-order valence-corrected chi connectivity index (χ2v) is 8.49. The van der Waals surface area contributed by atoms with Gasteiger partial charge in [0.05, 0.1) is 23.0 Å². The summed E-state index contributed by atoms with van der Waals surface area (Å²) >= 11 is 3.46. The number of halogens is 1. The number of hydrogen-bond donors (Lipinski definition) is 2. The molecule has 0 aliphatic carbocycles. The quantitative estimate of drug-likeness (QED) is 0.236. The van der Waals surface area contributed by atoms with Crippen molar-refractivity contribution in [3.63, 3.8) is 0 Å². The van der Waals surface area contributed by atoms with E-state index < -0.39 is 0 Å². The molecule has 0 saturated carbocycles. The number of benzene rings is 3. The molecular weight excluding hydrogens is 464 g/mol. The number of fused-ring (bicyclic) bond motifs is 2. The van der Waals surface area contributed by atoms with Crippen molar-refractivity contribution in [1.29, 1.82) is 0 Å². The predicted octanol–water partition coefficient (Wildman–Crippen LogP) is 6.22. The Labute approximate surface area is 193 Å². The summed E-state index contributed by atoms with van der Waals surface area (Å²) in [6.45, 7) is 2.00. The van der Waals surface area contributed by atoms with Crippen LogP contribution in [0.1, 0.15) is 21.5 Å². The Hall–Kier alpha value is -3.77. The number of carbonyl (C=O) groups is 1. The van der Waals surface area contributed by atoms with Gasteiger partial charge in [0.15, 0.2) is 0 Å². The summed E-state index contributed by atoms with van der Waals surface area (Å²) in [5.74, 6) is -0.280. The first-order chi connectivity index (χ1) is 15.6. The van der Waals surface area contributed by atoms with Crippen molar-refractivity contribution >= 4 is 49.9 Å². The number of aryl methyl sites for hydroxylation is 1. The average Bonchev–Trinajstić information content (AvgIpc) is 3.22. The zero-order chi connectivity index (χ0) is 22.1. The number of amides is 1. The SMILES string of the molecule is Cc1ccc2nc(-c3ccc(Br)cc3)cc(C(=O)NN=Cc3c[nH]c4ccccc34)c2c1. The van der Waals surface area contributed by atoms with Crippen LogP contribution in [0.4, 0.5) is 0 Å². The van der Waals surface area contributed by atoms with E-state index in [9.17, 15) is 4.79 Å². The van der Waals surface area contributed by atoms with Gasteiger partial charge in [-0.05, 0) is 43.3 Å². The highest BCUT2D eigenvalue weighted by Crippen LogP contribution is 2.27. The van der Waals surface area contributed by atoms with Gasteiger partial charge in [-0.1, -0.05) is 57.9 Å². The van der Waals surface area contributed by atoms with Crippen LogP contribution in [0.5, 0.6) is 0 Å². The number of aromatic amines is 1. The van der Waals surface area contributed by atoms with Gasteiger partial charge in [-0.25, -0.2) is 10.4 Å². The number of pyridine rings is 1. The van der Waals surface area contributed by atoms with Crippen molar-refractivity contribution in [1.82, 2.24) is 15.4 Å². The molecule has 32 heavy (non-hydrogen) atoms. The van der Waals surface area contributed by atoms with Crippen molar-refractivity contribution in [3.05, 3.63) is 100 Å². The molecule has 0 atom stereocenters. The van der Waals surface area contributed by atoms with Gasteiger partial charge >= 0.3 is 0 Å². The summed E-state index contributed by atoms with van der Waals surface area (Å²) in [7, 11) is 0. The van der Waals surface area contributed by atoms with E-state index >= 15 is 0 Å². The van der Waals surface area contributed by atoms with Gasteiger partial charge in [0.2, 0.25) is 0 Å². The zero-order valence-electron chi connectivity index (χ0n) is 17.3. The Bertz CT molecular complexity index is 1490. The summed E-state index contributed by atoms with van der Waals surface area (Å²) in [6, 6.07) is 23.6. The molecule has 2 aromatic heterocycles. The summed E-state index contributed by atoms with van der Waals surface area (Å²) in [6.07, 6.45) is 3.53. The number of hydrazone groups is 1. The molecule has 6 heteroatoms. The van der Waals surface area contributed by atoms with Crippen molar-refractivity contribution in [2.75, 3.05) is 0 Å². The lowest BCUT2D eigenvalue weighted by Gasteiger charge is -2.10. The molecule has 156 valence electrons. The van der Waals surface area contributed by atoms with Crippen LogP contribution in [0.2, 0.25) is 0 Å². The average molecular weight is 483 g/mol. The molecule has 2 N–H and O–H groups in total. The summed E-state index contributed by atoms with van der Waals surface area (Å²) in [4.78, 5) is 21.1. The number of carbonyl (C=O) groups excluding carboxylic acids is 1. The fraction of sp³-hybridized carbons (Fsp3) is 0.0385. The second-order valence-electron chi connectivity index (χ2n) is 7.57. The highest BCUT2D eigenvalue weighted by atomic mass is 79.9. The minimum Gasteiger partial charge on any atom is -0.361 e. The zero-order valence-corrected chi connectivity index (χ0v) is 18.8. The van der Waals surface area contributed by atoms with Gasteiger partial charge in [-0.15, -0.1) is 0 Å². The maximum absolute atomic E-state index is 13.1.